The number of nitro groups is 1. The molecule has 0 N–H and O–H groups in total. The molecule has 0 radical (unpaired) electrons. The number of carbonyl (C=O) groups excluding carboxylic acids is 1. The first-order valence-corrected chi connectivity index (χ1v) is 3.49. The van der Waals surface area contributed by atoms with Gasteiger partial charge in [-0.05, 0) is 6.92 Å². The molecule has 0 aliphatic rings. The Labute approximate surface area is 73.8 Å². The van der Waals surface area contributed by atoms with Crippen LogP contribution in [0.1, 0.15) is 15.9 Å². The molecule has 0 aliphatic heterocycles. The molecule has 5 heteroatoms. The van der Waals surface area contributed by atoms with Crippen LogP contribution in [-0.2, 0) is 0 Å². The van der Waals surface area contributed by atoms with E-state index in [4.69, 9.17) is 0 Å². The molecule has 0 heterocycles. The van der Waals surface area contributed by atoms with Crippen LogP contribution >= 0.6 is 0 Å². The molecule has 1 rings (SSSR count). The Bertz CT molecular complexity index is 372. The van der Waals surface area contributed by atoms with Gasteiger partial charge in [0.15, 0.2) is 0 Å². The first-order valence-electron chi connectivity index (χ1n) is 3.49. The highest BCUT2D eigenvalue weighted by Gasteiger charge is 2.10. The molecule has 0 saturated heterocycles. The van der Waals surface area contributed by atoms with Crippen molar-refractivity contribution in [3.8, 4) is 0 Å². The zero-order valence-corrected chi connectivity index (χ0v) is 6.81. The molecule has 1 aromatic rings. The third kappa shape index (κ3) is 1.81. The van der Waals surface area contributed by atoms with Crippen molar-refractivity contribution in [2.45, 2.75) is 6.92 Å². The van der Waals surface area contributed by atoms with Crippen LogP contribution in [0.15, 0.2) is 18.2 Å². The second-order valence-corrected chi connectivity index (χ2v) is 2.55. The molecular weight excluding hydrogens is 174 g/mol. The van der Waals surface area contributed by atoms with Gasteiger partial charge < -0.3 is 9.90 Å². The fourth-order valence-electron chi connectivity index (χ4n) is 0.933. The zero-order chi connectivity index (χ0) is 10.0. The fourth-order valence-corrected chi connectivity index (χ4v) is 0.933. The number of nitrogens with zero attached hydrogens (tertiary/aromatic N) is 1. The number of aromatic carboxylic acids is 1. The average molecular weight is 180 g/mol. The number of carboxylic acid groups (broad SMARTS) is 1. The molecule has 68 valence electrons. The minimum Gasteiger partial charge on any atom is -0.545 e. The second-order valence-electron chi connectivity index (χ2n) is 2.55. The third-order valence-electron chi connectivity index (χ3n) is 1.64. The molecule has 1 aromatic carbocycles. The Balaban J connectivity index is 3.27. The van der Waals surface area contributed by atoms with Crippen LogP contribution in [0.4, 0.5) is 5.69 Å². The van der Waals surface area contributed by atoms with E-state index in [-0.39, 0.29) is 11.3 Å². The lowest BCUT2D eigenvalue weighted by Crippen LogP contribution is -2.22. The second kappa shape index (κ2) is 3.22. The highest BCUT2D eigenvalue weighted by Crippen LogP contribution is 2.18. The van der Waals surface area contributed by atoms with E-state index in [0.29, 0.717) is 5.56 Å². The molecule has 0 bridgehead atoms. The minimum absolute atomic E-state index is 0.183. The molecule has 0 saturated carbocycles. The van der Waals surface area contributed by atoms with Crippen LogP contribution in [0.5, 0.6) is 0 Å². The number of nitro benzene ring substituents is 1. The number of rotatable bonds is 2. The molecule has 0 spiro atoms. The van der Waals surface area contributed by atoms with Gasteiger partial charge in [0.05, 0.1) is 10.9 Å². The van der Waals surface area contributed by atoms with Gasteiger partial charge in [-0.3, -0.25) is 10.1 Å². The van der Waals surface area contributed by atoms with E-state index in [1.165, 1.54) is 19.1 Å². The van der Waals surface area contributed by atoms with Gasteiger partial charge in [-0.2, -0.15) is 0 Å². The molecule has 5 nitrogen and oxygen atoms in total. The van der Waals surface area contributed by atoms with Crippen molar-refractivity contribution in [1.82, 2.24) is 0 Å². The van der Waals surface area contributed by atoms with E-state index in [2.05, 4.69) is 0 Å². The normalized spacial score (nSPS) is 9.62. The van der Waals surface area contributed by atoms with Crippen LogP contribution in [0.2, 0.25) is 0 Å². The van der Waals surface area contributed by atoms with Gasteiger partial charge in [-0.1, -0.05) is 12.1 Å². The molecule has 0 fully saturated rings. The lowest BCUT2D eigenvalue weighted by Gasteiger charge is -2.02. The highest BCUT2D eigenvalue weighted by atomic mass is 16.6. The third-order valence-corrected chi connectivity index (χ3v) is 1.64. The summed E-state index contributed by atoms with van der Waals surface area (Å²) in [6, 6.07) is 3.64. The number of aryl methyl sites for hydroxylation is 1. The molecular formula is C8H6NO4-. The van der Waals surface area contributed by atoms with Crippen LogP contribution in [0.25, 0.3) is 0 Å². The molecule has 0 aliphatic carbocycles. The number of carbonyl (C=O) groups is 1. The number of hydrogen-bond acceptors (Lipinski definition) is 4. The van der Waals surface area contributed by atoms with Gasteiger partial charge in [0, 0.05) is 17.2 Å². The van der Waals surface area contributed by atoms with Crippen LogP contribution in [0, 0.1) is 17.0 Å². The number of hydrogen-bond donors (Lipinski definition) is 0. The molecule has 0 aromatic heterocycles. The predicted octanol–water partition coefficient (Wildman–Crippen LogP) is 0.267. The van der Waals surface area contributed by atoms with E-state index in [0.717, 1.165) is 6.07 Å². The molecule has 0 amide bonds. The number of carboxylic acids is 1. The summed E-state index contributed by atoms with van der Waals surface area (Å²) in [4.78, 5) is 20.1. The highest BCUT2D eigenvalue weighted by molar-refractivity contribution is 5.86. The summed E-state index contributed by atoms with van der Waals surface area (Å²) >= 11 is 0. The van der Waals surface area contributed by atoms with Gasteiger partial charge in [0.2, 0.25) is 0 Å². The summed E-state index contributed by atoms with van der Waals surface area (Å²) in [5.41, 5.74) is 0.0361. The summed E-state index contributed by atoms with van der Waals surface area (Å²) in [5, 5.41) is 20.7. The predicted molar refractivity (Wildman–Crippen MR) is 42.2 cm³/mol. The van der Waals surface area contributed by atoms with Crippen molar-refractivity contribution in [2.75, 3.05) is 0 Å². The summed E-state index contributed by atoms with van der Waals surface area (Å²) in [6.07, 6.45) is 0. The summed E-state index contributed by atoms with van der Waals surface area (Å²) in [5.74, 6) is -1.41. The zero-order valence-electron chi connectivity index (χ0n) is 6.81. The smallest absolute Gasteiger partial charge is 0.272 e. The van der Waals surface area contributed by atoms with Crippen molar-refractivity contribution >= 4 is 11.7 Å². The molecule has 13 heavy (non-hydrogen) atoms. The maximum atomic E-state index is 10.4. The summed E-state index contributed by atoms with van der Waals surface area (Å²) in [6.45, 7) is 1.54. The van der Waals surface area contributed by atoms with Gasteiger partial charge >= 0.3 is 0 Å². The largest absolute Gasteiger partial charge is 0.545 e. The van der Waals surface area contributed by atoms with Gasteiger partial charge in [0.25, 0.3) is 5.69 Å². The van der Waals surface area contributed by atoms with E-state index >= 15 is 0 Å². The maximum absolute atomic E-state index is 10.4. The van der Waals surface area contributed by atoms with Gasteiger partial charge in [0.1, 0.15) is 0 Å². The Kier molecular flexibility index (Phi) is 2.27. The lowest BCUT2D eigenvalue weighted by atomic mass is 10.1. The van der Waals surface area contributed by atoms with Gasteiger partial charge in [-0.15, -0.1) is 0 Å². The Morgan fingerprint density at radius 2 is 2.08 bits per heavy atom. The Hall–Kier alpha value is -1.91. The van der Waals surface area contributed by atoms with E-state index in [9.17, 15) is 20.0 Å². The van der Waals surface area contributed by atoms with Crippen LogP contribution < -0.4 is 5.11 Å². The van der Waals surface area contributed by atoms with Gasteiger partial charge in [-0.25, -0.2) is 0 Å². The summed E-state index contributed by atoms with van der Waals surface area (Å²) < 4.78 is 0. The molecule has 0 unspecified atom stereocenters. The monoisotopic (exact) mass is 180 g/mol. The topological polar surface area (TPSA) is 83.3 Å². The van der Waals surface area contributed by atoms with Crippen molar-refractivity contribution < 1.29 is 14.8 Å². The summed E-state index contributed by atoms with van der Waals surface area (Å²) in [7, 11) is 0. The quantitative estimate of drug-likeness (QED) is 0.483. The van der Waals surface area contributed by atoms with Crippen molar-refractivity contribution in [3.05, 3.63) is 39.4 Å². The van der Waals surface area contributed by atoms with E-state index in [1.807, 2.05) is 0 Å². The maximum Gasteiger partial charge on any atom is 0.272 e. The van der Waals surface area contributed by atoms with E-state index < -0.39 is 10.9 Å². The SMILES string of the molecule is Cc1ccc(C(=O)[O-])cc1[N+](=O)[O-]. The first-order chi connectivity index (χ1) is 6.02. The fraction of sp³-hybridized carbons (Fsp3) is 0.125. The Morgan fingerprint density at radius 1 is 1.46 bits per heavy atom. The minimum atomic E-state index is -1.41. The van der Waals surface area contributed by atoms with Crippen molar-refractivity contribution in [3.63, 3.8) is 0 Å². The van der Waals surface area contributed by atoms with Crippen molar-refractivity contribution in [2.24, 2.45) is 0 Å². The molecule has 0 atom stereocenters. The van der Waals surface area contributed by atoms with E-state index in [1.54, 1.807) is 0 Å². The van der Waals surface area contributed by atoms with Crippen LogP contribution in [0.3, 0.4) is 0 Å². The van der Waals surface area contributed by atoms with Crippen LogP contribution in [-0.4, -0.2) is 10.9 Å². The van der Waals surface area contributed by atoms with Crippen molar-refractivity contribution in [1.29, 1.82) is 0 Å². The number of benzene rings is 1. The first kappa shape index (κ1) is 9.18. The Morgan fingerprint density at radius 3 is 2.54 bits per heavy atom. The average Bonchev–Trinajstić information content (AvgIpc) is 2.04. The lowest BCUT2D eigenvalue weighted by molar-refractivity contribution is -0.385. The standard InChI is InChI=1S/C8H7NO4/c1-5-2-3-6(8(10)11)4-7(5)9(12)13/h2-4H,1H3,(H,10,11)/p-1.